The molecule has 62 valence electrons. The van der Waals surface area contributed by atoms with E-state index in [1.54, 1.807) is 6.26 Å². The van der Waals surface area contributed by atoms with Crippen molar-refractivity contribution in [3.63, 3.8) is 0 Å². The van der Waals surface area contributed by atoms with Crippen LogP contribution in [-0.4, -0.2) is 48.9 Å². The number of piperazine rings is 1. The molecule has 0 aromatic rings. The summed E-state index contributed by atoms with van der Waals surface area (Å²) in [5.41, 5.74) is 0. The molecular formula is C6H16N2OS. The summed E-state index contributed by atoms with van der Waals surface area (Å²) in [5, 5.41) is 3.27. The van der Waals surface area contributed by atoms with Gasteiger partial charge in [-0.25, -0.2) is 0 Å². The quantitative estimate of drug-likeness (QED) is 0.506. The molecule has 1 rings (SSSR count). The van der Waals surface area contributed by atoms with Crippen LogP contribution in [0.3, 0.4) is 0 Å². The minimum absolute atomic E-state index is 0.750. The molecule has 0 saturated carbocycles. The van der Waals surface area contributed by atoms with Crippen LogP contribution in [0.15, 0.2) is 0 Å². The van der Waals surface area contributed by atoms with Crippen molar-refractivity contribution in [1.29, 1.82) is 0 Å². The third-order valence-corrected chi connectivity index (χ3v) is 1.34. The average molecular weight is 164 g/mol. The molecule has 0 amide bonds. The second kappa shape index (κ2) is 7.34. The van der Waals surface area contributed by atoms with Crippen LogP contribution in [-0.2, 0) is 0 Å². The lowest BCUT2D eigenvalue weighted by Crippen LogP contribution is -2.40. The first-order valence-electron chi connectivity index (χ1n) is 3.38. The fourth-order valence-electron chi connectivity index (χ4n) is 0.777. The normalized spacial score (nSPS) is 19.5. The highest BCUT2D eigenvalue weighted by molar-refractivity contribution is 7.93. The molecule has 1 saturated heterocycles. The van der Waals surface area contributed by atoms with Gasteiger partial charge in [0.05, 0.1) is 0 Å². The van der Waals surface area contributed by atoms with E-state index in [0.717, 1.165) is 25.1 Å². The van der Waals surface area contributed by atoms with Gasteiger partial charge in [0.1, 0.15) is 0 Å². The predicted molar refractivity (Wildman–Crippen MR) is 46.5 cm³/mol. The summed E-state index contributed by atoms with van der Waals surface area (Å²) in [7, 11) is 2.15. The van der Waals surface area contributed by atoms with Crippen LogP contribution >= 0.6 is 12.0 Å². The maximum atomic E-state index is 7.49. The van der Waals surface area contributed by atoms with Crippen molar-refractivity contribution in [2.75, 3.05) is 39.5 Å². The van der Waals surface area contributed by atoms with Gasteiger partial charge in [0.2, 0.25) is 0 Å². The Kier molecular flexibility index (Phi) is 7.51. The number of nitrogens with one attached hydrogen (secondary N) is 1. The number of rotatable bonds is 0. The van der Waals surface area contributed by atoms with Crippen LogP contribution in [0.25, 0.3) is 0 Å². The van der Waals surface area contributed by atoms with Crippen LogP contribution in [0.4, 0.5) is 0 Å². The first kappa shape index (κ1) is 10.2. The van der Waals surface area contributed by atoms with Crippen LogP contribution in [0.5, 0.6) is 0 Å². The highest BCUT2D eigenvalue weighted by Gasteiger charge is 2.01. The molecule has 0 bridgehead atoms. The van der Waals surface area contributed by atoms with Gasteiger partial charge in [-0.2, -0.15) is 0 Å². The number of nitrogens with zero attached hydrogens (tertiary/aromatic N) is 1. The van der Waals surface area contributed by atoms with Crippen molar-refractivity contribution in [2.24, 2.45) is 0 Å². The Labute approximate surface area is 67.0 Å². The first-order chi connectivity index (χ1) is 4.81. The lowest BCUT2D eigenvalue weighted by molar-refractivity contribution is 0.291. The second-order valence-electron chi connectivity index (χ2n) is 2.24. The first-order valence-corrected chi connectivity index (χ1v) is 4.56. The molecule has 4 heteroatoms. The van der Waals surface area contributed by atoms with E-state index in [2.05, 4.69) is 17.3 Å². The van der Waals surface area contributed by atoms with Crippen LogP contribution in [0.2, 0.25) is 0 Å². The zero-order valence-electron chi connectivity index (χ0n) is 6.63. The molecule has 0 aromatic heterocycles. The molecule has 0 spiro atoms. The maximum absolute atomic E-state index is 7.49. The van der Waals surface area contributed by atoms with Crippen molar-refractivity contribution in [2.45, 2.75) is 0 Å². The maximum Gasteiger partial charge on any atom is 0.0104 e. The summed E-state index contributed by atoms with van der Waals surface area (Å²) in [6, 6.07) is 0. The highest BCUT2D eigenvalue weighted by Crippen LogP contribution is 1.83. The van der Waals surface area contributed by atoms with E-state index in [4.69, 9.17) is 4.55 Å². The molecule has 2 N–H and O–H groups in total. The monoisotopic (exact) mass is 164 g/mol. The summed E-state index contributed by atoms with van der Waals surface area (Å²) < 4.78 is 7.49. The highest BCUT2D eigenvalue weighted by atomic mass is 32.2. The molecule has 1 aliphatic heterocycles. The molecule has 3 nitrogen and oxygen atoms in total. The van der Waals surface area contributed by atoms with Crippen LogP contribution < -0.4 is 5.32 Å². The SMILES string of the molecule is CN1CCNCC1.CSO. The standard InChI is InChI=1S/C5H12N2.CH4OS/c1-7-4-2-6-3-5-7;1-3-2/h6H,2-5H2,1H3;2H,1H3. The fraction of sp³-hybridized carbons (Fsp3) is 1.00. The lowest BCUT2D eigenvalue weighted by atomic mass is 10.4. The van der Waals surface area contributed by atoms with Crippen LogP contribution in [0, 0.1) is 0 Å². The summed E-state index contributed by atoms with van der Waals surface area (Å²) in [6.45, 7) is 4.74. The van der Waals surface area contributed by atoms with Gasteiger partial charge in [-0.05, 0) is 19.1 Å². The molecule has 0 aromatic carbocycles. The lowest BCUT2D eigenvalue weighted by Gasteiger charge is -2.21. The molecule has 0 atom stereocenters. The van der Waals surface area contributed by atoms with E-state index in [1.165, 1.54) is 13.1 Å². The van der Waals surface area contributed by atoms with Gasteiger partial charge >= 0.3 is 0 Å². The van der Waals surface area contributed by atoms with E-state index in [-0.39, 0.29) is 0 Å². The predicted octanol–water partition coefficient (Wildman–Crippen LogP) is 0.344. The molecule has 0 unspecified atom stereocenters. The van der Waals surface area contributed by atoms with Crippen molar-refractivity contribution >= 4 is 12.0 Å². The molecule has 1 heterocycles. The summed E-state index contributed by atoms with van der Waals surface area (Å²) >= 11 is 0.750. The Morgan fingerprint density at radius 1 is 1.40 bits per heavy atom. The minimum atomic E-state index is 0.750. The van der Waals surface area contributed by atoms with E-state index < -0.39 is 0 Å². The molecular weight excluding hydrogens is 148 g/mol. The van der Waals surface area contributed by atoms with Crippen LogP contribution in [0.1, 0.15) is 0 Å². The Bertz CT molecular complexity index is 66.8. The molecule has 10 heavy (non-hydrogen) atoms. The Morgan fingerprint density at radius 3 is 2.00 bits per heavy atom. The van der Waals surface area contributed by atoms with Gasteiger partial charge in [0.15, 0.2) is 0 Å². The average Bonchev–Trinajstić information content (AvgIpc) is 1.91. The van der Waals surface area contributed by atoms with Gasteiger partial charge in [-0.1, -0.05) is 0 Å². The van der Waals surface area contributed by atoms with E-state index >= 15 is 0 Å². The van der Waals surface area contributed by atoms with Crippen molar-refractivity contribution < 1.29 is 4.55 Å². The molecule has 0 aliphatic carbocycles. The second-order valence-corrected chi connectivity index (χ2v) is 2.60. The third kappa shape index (κ3) is 6.35. The van der Waals surface area contributed by atoms with E-state index in [0.29, 0.717) is 0 Å². The van der Waals surface area contributed by atoms with Crippen molar-refractivity contribution in [1.82, 2.24) is 10.2 Å². The minimum Gasteiger partial charge on any atom is -0.330 e. The number of hydrogen-bond acceptors (Lipinski definition) is 4. The van der Waals surface area contributed by atoms with Crippen molar-refractivity contribution in [3.8, 4) is 0 Å². The van der Waals surface area contributed by atoms with Gasteiger partial charge in [0.25, 0.3) is 0 Å². The summed E-state index contributed by atoms with van der Waals surface area (Å²) in [6.07, 6.45) is 1.60. The molecule has 1 aliphatic rings. The van der Waals surface area contributed by atoms with E-state index in [1.807, 2.05) is 0 Å². The summed E-state index contributed by atoms with van der Waals surface area (Å²) in [5.74, 6) is 0. The summed E-state index contributed by atoms with van der Waals surface area (Å²) in [4.78, 5) is 2.33. The van der Waals surface area contributed by atoms with Crippen molar-refractivity contribution in [3.05, 3.63) is 0 Å². The third-order valence-electron chi connectivity index (χ3n) is 1.34. The molecule has 1 fully saturated rings. The Hall–Kier alpha value is 0.230. The topological polar surface area (TPSA) is 35.5 Å². The van der Waals surface area contributed by atoms with Gasteiger partial charge < -0.3 is 14.8 Å². The Morgan fingerprint density at radius 2 is 1.80 bits per heavy atom. The largest absolute Gasteiger partial charge is 0.330 e. The van der Waals surface area contributed by atoms with Gasteiger partial charge in [0, 0.05) is 32.4 Å². The van der Waals surface area contributed by atoms with E-state index in [9.17, 15) is 0 Å². The number of hydrogen-bond donors (Lipinski definition) is 2. The zero-order chi connectivity index (χ0) is 7.82. The smallest absolute Gasteiger partial charge is 0.0104 e. The Balaban J connectivity index is 0.000000236. The fourth-order valence-corrected chi connectivity index (χ4v) is 0.777. The van der Waals surface area contributed by atoms with Gasteiger partial charge in [-0.3, -0.25) is 0 Å². The number of likely N-dealkylation sites (N-methyl/N-ethyl adjacent to an activating group) is 1. The molecule has 0 radical (unpaired) electrons. The van der Waals surface area contributed by atoms with Gasteiger partial charge in [-0.15, -0.1) is 0 Å². The zero-order valence-corrected chi connectivity index (χ0v) is 7.45.